The quantitative estimate of drug-likeness (QED) is 0.747. The molecular formula is C18H21N3O4. The van der Waals surface area contributed by atoms with Crippen LogP contribution in [0.3, 0.4) is 0 Å². The summed E-state index contributed by atoms with van der Waals surface area (Å²) in [6.45, 7) is 3.59. The first-order valence-corrected chi connectivity index (χ1v) is 7.90. The van der Waals surface area contributed by atoms with Crippen molar-refractivity contribution in [2.45, 2.75) is 26.4 Å². The van der Waals surface area contributed by atoms with E-state index in [-0.39, 0.29) is 11.6 Å². The van der Waals surface area contributed by atoms with Crippen LogP contribution < -0.4 is 15.4 Å². The van der Waals surface area contributed by atoms with Crippen molar-refractivity contribution >= 4 is 17.5 Å². The molecule has 0 aliphatic carbocycles. The average molecular weight is 343 g/mol. The van der Waals surface area contributed by atoms with Crippen LogP contribution in [0.1, 0.15) is 29.4 Å². The monoisotopic (exact) mass is 343 g/mol. The van der Waals surface area contributed by atoms with Gasteiger partial charge in [-0.1, -0.05) is 13.0 Å². The number of aliphatic hydroxyl groups excluding tert-OH is 1. The molecule has 0 fully saturated rings. The summed E-state index contributed by atoms with van der Waals surface area (Å²) in [5.74, 6) is 0.200. The Hall–Kier alpha value is -2.93. The number of aryl methyl sites for hydroxylation is 1. The highest BCUT2D eigenvalue weighted by Gasteiger charge is 2.14. The van der Waals surface area contributed by atoms with Crippen LogP contribution in [0.15, 0.2) is 36.5 Å². The molecule has 0 saturated carbocycles. The van der Waals surface area contributed by atoms with Gasteiger partial charge in [-0.3, -0.25) is 14.6 Å². The van der Waals surface area contributed by atoms with Gasteiger partial charge in [-0.25, -0.2) is 0 Å². The standard InChI is InChI=1S/C18H21N3O4/c1-4-15(22)18(24)21-12-6-5-11(2)16(9-12)25-13-7-8-20-14(10-13)17(23)19-3/h5-10,15,22H,4H2,1-3H3,(H,19,23)(H,21,24). The van der Waals surface area contributed by atoms with Crippen LogP contribution in [0.4, 0.5) is 5.69 Å². The van der Waals surface area contributed by atoms with E-state index in [9.17, 15) is 14.7 Å². The predicted octanol–water partition coefficient (Wildman–Crippen LogP) is 2.25. The van der Waals surface area contributed by atoms with Gasteiger partial charge >= 0.3 is 0 Å². The molecule has 1 aromatic heterocycles. The molecule has 7 heteroatoms. The zero-order valence-corrected chi connectivity index (χ0v) is 14.4. The van der Waals surface area contributed by atoms with E-state index in [1.54, 1.807) is 31.2 Å². The molecule has 0 aliphatic rings. The van der Waals surface area contributed by atoms with E-state index < -0.39 is 12.0 Å². The number of rotatable bonds is 6. The van der Waals surface area contributed by atoms with Gasteiger partial charge in [-0.15, -0.1) is 0 Å². The molecule has 0 aliphatic heterocycles. The number of ether oxygens (including phenoxy) is 1. The first-order chi connectivity index (χ1) is 11.9. The number of carbonyl (C=O) groups excluding carboxylic acids is 2. The third-order valence-electron chi connectivity index (χ3n) is 3.56. The fraction of sp³-hybridized carbons (Fsp3) is 0.278. The number of benzene rings is 1. The molecule has 1 heterocycles. The first kappa shape index (κ1) is 18.4. The maximum absolute atomic E-state index is 11.8. The maximum Gasteiger partial charge on any atom is 0.269 e. The number of hydrogen-bond donors (Lipinski definition) is 3. The van der Waals surface area contributed by atoms with Crippen molar-refractivity contribution in [2.75, 3.05) is 12.4 Å². The van der Waals surface area contributed by atoms with Gasteiger partial charge in [-0.05, 0) is 31.0 Å². The molecular weight excluding hydrogens is 322 g/mol. The van der Waals surface area contributed by atoms with Gasteiger partial charge < -0.3 is 20.5 Å². The maximum atomic E-state index is 11.8. The van der Waals surface area contributed by atoms with Gasteiger partial charge in [0.1, 0.15) is 23.3 Å². The Balaban J connectivity index is 2.21. The van der Waals surface area contributed by atoms with Crippen LogP contribution in [0.25, 0.3) is 0 Å². The molecule has 0 bridgehead atoms. The first-order valence-electron chi connectivity index (χ1n) is 7.90. The van der Waals surface area contributed by atoms with Gasteiger partial charge in [0, 0.05) is 31.1 Å². The normalized spacial score (nSPS) is 11.5. The minimum absolute atomic E-state index is 0.244. The number of pyridine rings is 1. The number of aromatic nitrogens is 1. The van der Waals surface area contributed by atoms with E-state index in [1.165, 1.54) is 19.3 Å². The predicted molar refractivity (Wildman–Crippen MR) is 93.8 cm³/mol. The number of nitrogens with one attached hydrogen (secondary N) is 2. The SMILES string of the molecule is CCC(O)C(=O)Nc1ccc(C)c(Oc2ccnc(C(=O)NC)c2)c1. The lowest BCUT2D eigenvalue weighted by molar-refractivity contribution is -0.124. The minimum atomic E-state index is -1.05. The van der Waals surface area contributed by atoms with E-state index in [4.69, 9.17) is 4.74 Å². The summed E-state index contributed by atoms with van der Waals surface area (Å²) < 4.78 is 5.82. The van der Waals surface area contributed by atoms with Crippen molar-refractivity contribution in [1.29, 1.82) is 0 Å². The highest BCUT2D eigenvalue weighted by Crippen LogP contribution is 2.28. The summed E-state index contributed by atoms with van der Waals surface area (Å²) >= 11 is 0. The molecule has 1 aromatic carbocycles. The molecule has 132 valence electrons. The number of amides is 2. The molecule has 2 amide bonds. The lowest BCUT2D eigenvalue weighted by Gasteiger charge is -2.13. The summed E-state index contributed by atoms with van der Waals surface area (Å²) in [6, 6.07) is 8.35. The molecule has 1 unspecified atom stereocenters. The summed E-state index contributed by atoms with van der Waals surface area (Å²) in [5.41, 5.74) is 1.61. The third kappa shape index (κ3) is 4.77. The molecule has 0 spiro atoms. The average Bonchev–Trinajstić information content (AvgIpc) is 2.63. The largest absolute Gasteiger partial charge is 0.457 e. The van der Waals surface area contributed by atoms with Crippen molar-refractivity contribution in [3.63, 3.8) is 0 Å². The summed E-state index contributed by atoms with van der Waals surface area (Å²) in [7, 11) is 1.53. The smallest absolute Gasteiger partial charge is 0.269 e. The van der Waals surface area contributed by atoms with E-state index in [0.717, 1.165) is 5.56 Å². The van der Waals surface area contributed by atoms with Crippen molar-refractivity contribution in [1.82, 2.24) is 10.3 Å². The second kappa shape index (κ2) is 8.25. The minimum Gasteiger partial charge on any atom is -0.457 e. The van der Waals surface area contributed by atoms with Crippen molar-refractivity contribution in [3.05, 3.63) is 47.8 Å². The highest BCUT2D eigenvalue weighted by molar-refractivity contribution is 5.94. The molecule has 2 rings (SSSR count). The van der Waals surface area contributed by atoms with Crippen LogP contribution >= 0.6 is 0 Å². The zero-order valence-electron chi connectivity index (χ0n) is 14.4. The Bertz CT molecular complexity index is 777. The summed E-state index contributed by atoms with van der Waals surface area (Å²) in [5, 5.41) is 14.7. The lowest BCUT2D eigenvalue weighted by atomic mass is 10.2. The lowest BCUT2D eigenvalue weighted by Crippen LogP contribution is -2.26. The van der Waals surface area contributed by atoms with E-state index in [1.807, 2.05) is 6.92 Å². The molecule has 1 atom stereocenters. The Kier molecular flexibility index (Phi) is 6.08. The molecule has 0 saturated heterocycles. The molecule has 0 radical (unpaired) electrons. The van der Waals surface area contributed by atoms with E-state index >= 15 is 0 Å². The topological polar surface area (TPSA) is 101 Å². The molecule has 2 aromatic rings. The van der Waals surface area contributed by atoms with Crippen molar-refractivity contribution in [3.8, 4) is 11.5 Å². The van der Waals surface area contributed by atoms with Gasteiger partial charge in [0.15, 0.2) is 0 Å². The number of anilines is 1. The van der Waals surface area contributed by atoms with Crippen LogP contribution in [0.2, 0.25) is 0 Å². The van der Waals surface area contributed by atoms with E-state index in [0.29, 0.717) is 23.6 Å². The van der Waals surface area contributed by atoms with Gasteiger partial charge in [0.2, 0.25) is 0 Å². The second-order valence-corrected chi connectivity index (χ2v) is 5.45. The van der Waals surface area contributed by atoms with Gasteiger partial charge in [-0.2, -0.15) is 0 Å². The molecule has 3 N–H and O–H groups in total. The number of nitrogens with zero attached hydrogens (tertiary/aromatic N) is 1. The van der Waals surface area contributed by atoms with Crippen molar-refractivity contribution < 1.29 is 19.4 Å². The van der Waals surface area contributed by atoms with Crippen LogP contribution in [0, 0.1) is 6.92 Å². The Morgan fingerprint density at radius 3 is 2.72 bits per heavy atom. The van der Waals surface area contributed by atoms with Crippen LogP contribution in [0.5, 0.6) is 11.5 Å². The van der Waals surface area contributed by atoms with Gasteiger partial charge in [0.05, 0.1) is 0 Å². The third-order valence-corrected chi connectivity index (χ3v) is 3.56. The number of aliphatic hydroxyl groups is 1. The highest BCUT2D eigenvalue weighted by atomic mass is 16.5. The number of hydrogen-bond acceptors (Lipinski definition) is 5. The molecule has 25 heavy (non-hydrogen) atoms. The molecule has 7 nitrogen and oxygen atoms in total. The second-order valence-electron chi connectivity index (χ2n) is 5.45. The number of carbonyl (C=O) groups is 2. The van der Waals surface area contributed by atoms with Crippen molar-refractivity contribution in [2.24, 2.45) is 0 Å². The Labute approximate surface area is 146 Å². The Morgan fingerprint density at radius 1 is 1.28 bits per heavy atom. The Morgan fingerprint density at radius 2 is 2.04 bits per heavy atom. The van der Waals surface area contributed by atoms with Crippen LogP contribution in [-0.4, -0.2) is 35.1 Å². The summed E-state index contributed by atoms with van der Waals surface area (Å²) in [4.78, 5) is 27.4. The van der Waals surface area contributed by atoms with E-state index in [2.05, 4.69) is 15.6 Å². The van der Waals surface area contributed by atoms with Crippen LogP contribution in [-0.2, 0) is 4.79 Å². The fourth-order valence-electron chi connectivity index (χ4n) is 2.05. The fourth-order valence-corrected chi connectivity index (χ4v) is 2.05. The van der Waals surface area contributed by atoms with Gasteiger partial charge in [0.25, 0.3) is 11.8 Å². The zero-order chi connectivity index (χ0) is 18.4. The summed E-state index contributed by atoms with van der Waals surface area (Å²) in [6.07, 6.45) is 0.764.